The Bertz CT molecular complexity index is 965. The number of fused-ring (bicyclic) bond motifs is 3. The molecule has 3 aromatic heterocycles. The molecule has 132 valence electrons. The van der Waals surface area contributed by atoms with E-state index < -0.39 is 24.5 Å². The lowest BCUT2D eigenvalue weighted by atomic mass is 10.3. The molecule has 11 heteroatoms. The third-order valence-corrected chi connectivity index (χ3v) is 4.56. The molecule has 0 unspecified atom stereocenters. The lowest BCUT2D eigenvalue weighted by molar-refractivity contribution is -0.143. The molecule has 0 bridgehead atoms. The SMILES string of the molecule is CNc1nc2sc(C(=O)N[C@@H](CO)C(=O)OC)nc2c2c1ncn2C. The van der Waals surface area contributed by atoms with E-state index in [4.69, 9.17) is 0 Å². The maximum atomic E-state index is 12.4. The number of ether oxygens (including phenoxy) is 1. The molecule has 25 heavy (non-hydrogen) atoms. The number of imidazole rings is 1. The van der Waals surface area contributed by atoms with Crippen molar-refractivity contribution < 1.29 is 19.4 Å². The lowest BCUT2D eigenvalue weighted by Gasteiger charge is -2.12. The molecule has 0 spiro atoms. The Kier molecular flexibility index (Phi) is 4.51. The number of aliphatic hydroxyl groups excluding tert-OH is 1. The zero-order chi connectivity index (χ0) is 18.1. The van der Waals surface area contributed by atoms with Crippen molar-refractivity contribution in [1.29, 1.82) is 0 Å². The van der Waals surface area contributed by atoms with Crippen molar-refractivity contribution in [2.24, 2.45) is 7.05 Å². The van der Waals surface area contributed by atoms with Crippen LogP contribution in [-0.2, 0) is 16.6 Å². The summed E-state index contributed by atoms with van der Waals surface area (Å²) in [6.45, 7) is -0.572. The van der Waals surface area contributed by atoms with Crippen LogP contribution in [-0.4, -0.2) is 63.3 Å². The van der Waals surface area contributed by atoms with E-state index in [9.17, 15) is 14.7 Å². The van der Waals surface area contributed by atoms with Gasteiger partial charge in [0.1, 0.15) is 21.4 Å². The third kappa shape index (κ3) is 2.87. The standard InChI is InChI=1S/C14H16N6O4S/c1-15-10-7-9(20(2)5-16-7)8-12(19-10)25-13(18-8)11(22)17-6(4-21)14(23)24-3/h5-6,21H,4H2,1-3H3,(H,15,19)(H,17,22)/t6-/m0/s1. The molecular weight excluding hydrogens is 348 g/mol. The van der Waals surface area contributed by atoms with Crippen molar-refractivity contribution in [3.8, 4) is 0 Å². The molecule has 0 aliphatic carbocycles. The molecule has 3 heterocycles. The smallest absolute Gasteiger partial charge is 0.330 e. The number of anilines is 1. The Morgan fingerprint density at radius 3 is 2.80 bits per heavy atom. The summed E-state index contributed by atoms with van der Waals surface area (Å²) in [6.07, 6.45) is 1.64. The Morgan fingerprint density at radius 1 is 1.40 bits per heavy atom. The Labute approximate surface area is 145 Å². The summed E-state index contributed by atoms with van der Waals surface area (Å²) in [6, 6.07) is -1.15. The van der Waals surface area contributed by atoms with Crippen LogP contribution in [0.25, 0.3) is 21.4 Å². The van der Waals surface area contributed by atoms with E-state index in [1.54, 1.807) is 17.9 Å². The molecule has 3 N–H and O–H groups in total. The van der Waals surface area contributed by atoms with Crippen molar-refractivity contribution in [3.63, 3.8) is 0 Å². The summed E-state index contributed by atoms with van der Waals surface area (Å²) < 4.78 is 6.33. The predicted octanol–water partition coefficient (Wildman–Crippen LogP) is -0.117. The first-order valence-electron chi connectivity index (χ1n) is 7.29. The average molecular weight is 364 g/mol. The Morgan fingerprint density at radius 2 is 2.16 bits per heavy atom. The maximum absolute atomic E-state index is 12.4. The second-order valence-corrected chi connectivity index (χ2v) is 6.15. The van der Waals surface area contributed by atoms with Gasteiger partial charge in [-0.15, -0.1) is 0 Å². The lowest BCUT2D eigenvalue weighted by Crippen LogP contribution is -2.44. The van der Waals surface area contributed by atoms with Gasteiger partial charge in [0.05, 0.1) is 20.0 Å². The molecule has 3 aromatic rings. The van der Waals surface area contributed by atoms with Gasteiger partial charge >= 0.3 is 5.97 Å². The summed E-state index contributed by atoms with van der Waals surface area (Å²) in [4.78, 5) is 37.5. The molecule has 0 radical (unpaired) electrons. The minimum Gasteiger partial charge on any atom is -0.467 e. The van der Waals surface area contributed by atoms with E-state index in [1.165, 1.54) is 7.11 Å². The van der Waals surface area contributed by atoms with E-state index in [1.807, 2.05) is 7.05 Å². The number of aromatic nitrogens is 4. The number of thiazole rings is 1. The van der Waals surface area contributed by atoms with Crippen LogP contribution in [0.3, 0.4) is 0 Å². The number of carbonyl (C=O) groups is 2. The highest BCUT2D eigenvalue weighted by Gasteiger charge is 2.24. The Hall–Kier alpha value is -2.79. The van der Waals surface area contributed by atoms with Crippen molar-refractivity contribution in [2.45, 2.75) is 6.04 Å². The highest BCUT2D eigenvalue weighted by Crippen LogP contribution is 2.30. The zero-order valence-corrected chi connectivity index (χ0v) is 14.5. The number of pyridine rings is 1. The fraction of sp³-hybridized carbons (Fsp3) is 0.357. The summed E-state index contributed by atoms with van der Waals surface area (Å²) in [7, 11) is 4.74. The fourth-order valence-corrected chi connectivity index (χ4v) is 3.24. The van der Waals surface area contributed by atoms with Crippen molar-refractivity contribution in [1.82, 2.24) is 24.8 Å². The van der Waals surface area contributed by atoms with Crippen molar-refractivity contribution in [3.05, 3.63) is 11.3 Å². The molecule has 3 rings (SSSR count). The van der Waals surface area contributed by atoms with Crippen LogP contribution in [0.15, 0.2) is 6.33 Å². The summed E-state index contributed by atoms with van der Waals surface area (Å²) >= 11 is 1.08. The van der Waals surface area contributed by atoms with E-state index >= 15 is 0 Å². The van der Waals surface area contributed by atoms with Crippen LogP contribution in [0.4, 0.5) is 5.82 Å². The molecule has 0 aliphatic heterocycles. The van der Waals surface area contributed by atoms with Crippen molar-refractivity contribution in [2.75, 3.05) is 26.1 Å². The summed E-state index contributed by atoms with van der Waals surface area (Å²) in [5.74, 6) is -0.739. The van der Waals surface area contributed by atoms with Crippen LogP contribution in [0.1, 0.15) is 9.80 Å². The van der Waals surface area contributed by atoms with Gasteiger partial charge in [-0.25, -0.2) is 19.7 Å². The molecule has 10 nitrogen and oxygen atoms in total. The Balaban J connectivity index is 2.04. The second kappa shape index (κ2) is 6.61. The first-order chi connectivity index (χ1) is 12.0. The van der Waals surface area contributed by atoms with Gasteiger partial charge in [0.25, 0.3) is 5.91 Å². The number of nitrogens with one attached hydrogen (secondary N) is 2. The number of rotatable bonds is 5. The monoisotopic (exact) mass is 364 g/mol. The van der Waals surface area contributed by atoms with Gasteiger partial charge < -0.3 is 25.0 Å². The van der Waals surface area contributed by atoms with Crippen LogP contribution in [0.5, 0.6) is 0 Å². The minimum atomic E-state index is -1.15. The number of amides is 1. The number of nitrogens with zero attached hydrogens (tertiary/aromatic N) is 4. The highest BCUT2D eigenvalue weighted by atomic mass is 32.1. The topological polar surface area (TPSA) is 131 Å². The molecule has 0 aromatic carbocycles. The molecule has 0 saturated heterocycles. The van der Waals surface area contributed by atoms with E-state index in [2.05, 4.69) is 30.3 Å². The third-order valence-electron chi connectivity index (χ3n) is 3.61. The number of esters is 1. The second-order valence-electron chi connectivity index (χ2n) is 5.17. The van der Waals surface area contributed by atoms with E-state index in [0.717, 1.165) is 16.9 Å². The normalized spacial score (nSPS) is 12.3. The van der Waals surface area contributed by atoms with Gasteiger partial charge in [-0.2, -0.15) is 0 Å². The van der Waals surface area contributed by atoms with Crippen molar-refractivity contribution >= 4 is 50.4 Å². The number of hydrogen-bond acceptors (Lipinski definition) is 9. The van der Waals surface area contributed by atoms with Crippen LogP contribution in [0.2, 0.25) is 0 Å². The average Bonchev–Trinajstić information content (AvgIpc) is 3.21. The highest BCUT2D eigenvalue weighted by molar-refractivity contribution is 7.20. The first kappa shape index (κ1) is 17.0. The van der Waals surface area contributed by atoms with Gasteiger partial charge in [-0.05, 0) is 0 Å². The number of methoxy groups -OCH3 is 1. The zero-order valence-electron chi connectivity index (χ0n) is 13.7. The molecule has 1 atom stereocenters. The number of aliphatic hydroxyl groups is 1. The van der Waals surface area contributed by atoms with E-state index in [-0.39, 0.29) is 5.01 Å². The largest absolute Gasteiger partial charge is 0.467 e. The van der Waals surface area contributed by atoms with Crippen LogP contribution in [0, 0.1) is 0 Å². The molecule has 1 amide bonds. The predicted molar refractivity (Wildman–Crippen MR) is 91.6 cm³/mol. The van der Waals surface area contributed by atoms with Gasteiger partial charge in [0.2, 0.25) is 0 Å². The van der Waals surface area contributed by atoms with Crippen LogP contribution >= 0.6 is 11.3 Å². The van der Waals surface area contributed by atoms with Gasteiger partial charge in [0, 0.05) is 14.1 Å². The summed E-state index contributed by atoms with van der Waals surface area (Å²) in [5.41, 5.74) is 1.94. The molecule has 0 aliphatic rings. The van der Waals surface area contributed by atoms with Gasteiger partial charge in [-0.1, -0.05) is 11.3 Å². The maximum Gasteiger partial charge on any atom is 0.330 e. The summed E-state index contributed by atoms with van der Waals surface area (Å²) in [5, 5.41) is 14.7. The minimum absolute atomic E-state index is 0.126. The molecule has 0 saturated carbocycles. The van der Waals surface area contributed by atoms with Gasteiger partial charge in [-0.3, -0.25) is 4.79 Å². The molecule has 0 fully saturated rings. The number of aryl methyl sites for hydroxylation is 1. The number of carbonyl (C=O) groups excluding carboxylic acids is 2. The van der Waals surface area contributed by atoms with E-state index in [0.29, 0.717) is 21.7 Å². The van der Waals surface area contributed by atoms with Gasteiger partial charge in [0.15, 0.2) is 16.9 Å². The fourth-order valence-electron chi connectivity index (χ4n) is 2.39. The first-order valence-corrected chi connectivity index (χ1v) is 8.10. The quantitative estimate of drug-likeness (QED) is 0.534. The molecular formula is C14H16N6O4S. The number of hydrogen-bond donors (Lipinski definition) is 3. The van der Waals surface area contributed by atoms with Crippen LogP contribution < -0.4 is 10.6 Å².